The predicted molar refractivity (Wildman–Crippen MR) is 72.3 cm³/mol. The number of ether oxygens (including phenoxy) is 1. The molecule has 0 heterocycles. The zero-order chi connectivity index (χ0) is 12.7. The summed E-state index contributed by atoms with van der Waals surface area (Å²) in [6.07, 6.45) is 2.01. The van der Waals surface area contributed by atoms with Gasteiger partial charge in [0.15, 0.2) is 0 Å². The molecule has 0 spiro atoms. The van der Waals surface area contributed by atoms with Gasteiger partial charge in [0.05, 0.1) is 6.61 Å². The van der Waals surface area contributed by atoms with Crippen LogP contribution < -0.4 is 10.5 Å². The summed E-state index contributed by atoms with van der Waals surface area (Å²) in [4.78, 5) is 2.16. The van der Waals surface area contributed by atoms with Crippen LogP contribution in [0.5, 0.6) is 5.75 Å². The summed E-state index contributed by atoms with van der Waals surface area (Å²) in [5.74, 6) is 0.927. The van der Waals surface area contributed by atoms with Gasteiger partial charge in [0, 0.05) is 12.6 Å². The van der Waals surface area contributed by atoms with Crippen molar-refractivity contribution in [1.82, 2.24) is 4.90 Å². The molecule has 96 valence electrons. The number of rotatable bonds is 7. The molecule has 0 aliphatic carbocycles. The van der Waals surface area contributed by atoms with Gasteiger partial charge in [0.1, 0.15) is 5.75 Å². The summed E-state index contributed by atoms with van der Waals surface area (Å²) in [5, 5.41) is 0. The van der Waals surface area contributed by atoms with Gasteiger partial charge in [-0.15, -0.1) is 0 Å². The second-order valence-corrected chi connectivity index (χ2v) is 4.59. The Morgan fingerprint density at radius 3 is 2.41 bits per heavy atom. The van der Waals surface area contributed by atoms with Crippen molar-refractivity contribution in [3.63, 3.8) is 0 Å². The van der Waals surface area contributed by atoms with Crippen LogP contribution >= 0.6 is 0 Å². The minimum absolute atomic E-state index is 0.137. The number of hydrogen-bond donors (Lipinski definition) is 1. The minimum Gasteiger partial charge on any atom is -0.494 e. The largest absolute Gasteiger partial charge is 0.494 e. The summed E-state index contributed by atoms with van der Waals surface area (Å²) < 4.78 is 5.66. The molecule has 0 aliphatic heterocycles. The van der Waals surface area contributed by atoms with Gasteiger partial charge in [-0.05, 0) is 44.6 Å². The first kappa shape index (κ1) is 14.0. The van der Waals surface area contributed by atoms with E-state index in [2.05, 4.69) is 38.1 Å². The Morgan fingerprint density at radius 2 is 1.88 bits per heavy atom. The zero-order valence-electron chi connectivity index (χ0n) is 11.1. The molecule has 3 nitrogen and oxygen atoms in total. The average molecular weight is 236 g/mol. The second-order valence-electron chi connectivity index (χ2n) is 4.59. The van der Waals surface area contributed by atoms with Gasteiger partial charge in [-0.3, -0.25) is 0 Å². The van der Waals surface area contributed by atoms with Gasteiger partial charge >= 0.3 is 0 Å². The van der Waals surface area contributed by atoms with Crippen LogP contribution in [-0.4, -0.2) is 32.1 Å². The number of nitrogens with two attached hydrogens (primary N) is 1. The van der Waals surface area contributed by atoms with E-state index in [1.165, 1.54) is 5.56 Å². The molecule has 1 aromatic rings. The summed E-state index contributed by atoms with van der Waals surface area (Å²) in [6.45, 7) is 3.91. The van der Waals surface area contributed by atoms with Gasteiger partial charge < -0.3 is 15.4 Å². The van der Waals surface area contributed by atoms with E-state index in [0.29, 0.717) is 0 Å². The van der Waals surface area contributed by atoms with Gasteiger partial charge in [-0.25, -0.2) is 0 Å². The van der Waals surface area contributed by atoms with E-state index in [9.17, 15) is 0 Å². The molecular formula is C14H24N2O. The topological polar surface area (TPSA) is 38.5 Å². The second kappa shape index (κ2) is 7.30. The molecule has 0 aromatic heterocycles. The van der Waals surface area contributed by atoms with E-state index in [0.717, 1.165) is 31.7 Å². The molecule has 2 N–H and O–H groups in total. The highest BCUT2D eigenvalue weighted by atomic mass is 16.5. The first-order chi connectivity index (χ1) is 8.13. The molecule has 0 radical (unpaired) electrons. The van der Waals surface area contributed by atoms with Gasteiger partial charge in [0.25, 0.3) is 0 Å². The zero-order valence-corrected chi connectivity index (χ0v) is 11.1. The van der Waals surface area contributed by atoms with Crippen molar-refractivity contribution in [2.75, 3.05) is 27.2 Å². The molecule has 0 unspecified atom stereocenters. The van der Waals surface area contributed by atoms with Crippen LogP contribution in [0.15, 0.2) is 24.3 Å². The van der Waals surface area contributed by atoms with Gasteiger partial charge in [-0.1, -0.05) is 19.1 Å². The molecule has 0 fully saturated rings. The highest BCUT2D eigenvalue weighted by Gasteiger charge is 2.02. The van der Waals surface area contributed by atoms with Crippen molar-refractivity contribution >= 4 is 0 Å². The van der Waals surface area contributed by atoms with Crippen molar-refractivity contribution in [1.29, 1.82) is 0 Å². The molecule has 0 aliphatic rings. The fourth-order valence-corrected chi connectivity index (χ4v) is 1.62. The first-order valence-electron chi connectivity index (χ1n) is 6.26. The van der Waals surface area contributed by atoms with Crippen molar-refractivity contribution in [3.8, 4) is 5.75 Å². The highest BCUT2D eigenvalue weighted by molar-refractivity contribution is 5.28. The van der Waals surface area contributed by atoms with Gasteiger partial charge in [0.2, 0.25) is 0 Å². The number of hydrogen-bond acceptors (Lipinski definition) is 3. The monoisotopic (exact) mass is 236 g/mol. The van der Waals surface area contributed by atoms with Crippen LogP contribution in [-0.2, 0) is 0 Å². The van der Waals surface area contributed by atoms with Crippen molar-refractivity contribution < 1.29 is 4.74 Å². The Hall–Kier alpha value is -1.06. The molecule has 1 atom stereocenters. The Kier molecular flexibility index (Phi) is 6.01. The molecule has 1 rings (SSSR count). The Labute approximate surface area is 105 Å². The lowest BCUT2D eigenvalue weighted by molar-refractivity contribution is 0.281. The maximum atomic E-state index is 5.95. The first-order valence-corrected chi connectivity index (χ1v) is 6.26. The Morgan fingerprint density at radius 1 is 1.24 bits per heavy atom. The SMILES string of the molecule is CC[C@@H](N)c1ccc(OCCCN(C)C)cc1. The van der Waals surface area contributed by atoms with Crippen LogP contribution in [0.1, 0.15) is 31.4 Å². The average Bonchev–Trinajstić information content (AvgIpc) is 2.34. The molecular weight excluding hydrogens is 212 g/mol. The van der Waals surface area contributed by atoms with E-state index in [1.807, 2.05) is 12.1 Å². The van der Waals surface area contributed by atoms with Crippen LogP contribution in [0, 0.1) is 0 Å². The summed E-state index contributed by atoms with van der Waals surface area (Å²) in [6, 6.07) is 8.24. The number of nitrogens with zero attached hydrogens (tertiary/aromatic N) is 1. The van der Waals surface area contributed by atoms with E-state index in [-0.39, 0.29) is 6.04 Å². The molecule has 0 amide bonds. The fraction of sp³-hybridized carbons (Fsp3) is 0.571. The lowest BCUT2D eigenvalue weighted by Crippen LogP contribution is -2.15. The van der Waals surface area contributed by atoms with Crippen LogP contribution in [0.25, 0.3) is 0 Å². The summed E-state index contributed by atoms with van der Waals surface area (Å²) >= 11 is 0. The van der Waals surface area contributed by atoms with Crippen LogP contribution in [0.3, 0.4) is 0 Å². The normalized spacial score (nSPS) is 12.8. The highest BCUT2D eigenvalue weighted by Crippen LogP contribution is 2.18. The van der Waals surface area contributed by atoms with E-state index >= 15 is 0 Å². The molecule has 0 saturated carbocycles. The third-order valence-corrected chi connectivity index (χ3v) is 2.77. The minimum atomic E-state index is 0.137. The summed E-state index contributed by atoms with van der Waals surface area (Å²) in [7, 11) is 4.14. The lowest BCUT2D eigenvalue weighted by Gasteiger charge is -2.12. The smallest absolute Gasteiger partial charge is 0.119 e. The molecule has 17 heavy (non-hydrogen) atoms. The summed E-state index contributed by atoms with van der Waals surface area (Å²) in [5.41, 5.74) is 7.13. The lowest BCUT2D eigenvalue weighted by atomic mass is 10.1. The van der Waals surface area contributed by atoms with E-state index < -0.39 is 0 Å². The third kappa shape index (κ3) is 5.20. The molecule has 3 heteroatoms. The third-order valence-electron chi connectivity index (χ3n) is 2.77. The van der Waals surface area contributed by atoms with Crippen LogP contribution in [0.4, 0.5) is 0 Å². The molecule has 0 saturated heterocycles. The maximum absolute atomic E-state index is 5.95. The van der Waals surface area contributed by atoms with E-state index in [4.69, 9.17) is 10.5 Å². The van der Waals surface area contributed by atoms with Crippen molar-refractivity contribution in [2.45, 2.75) is 25.8 Å². The standard InChI is InChI=1S/C14H24N2O/c1-4-14(15)12-6-8-13(9-7-12)17-11-5-10-16(2)3/h6-9,14H,4-5,10-11,15H2,1-3H3/t14-/m1/s1. The Balaban J connectivity index is 2.35. The maximum Gasteiger partial charge on any atom is 0.119 e. The van der Waals surface area contributed by atoms with Crippen molar-refractivity contribution in [2.24, 2.45) is 5.73 Å². The van der Waals surface area contributed by atoms with Crippen LogP contribution in [0.2, 0.25) is 0 Å². The van der Waals surface area contributed by atoms with Gasteiger partial charge in [-0.2, -0.15) is 0 Å². The number of benzene rings is 1. The molecule has 1 aromatic carbocycles. The molecule has 0 bridgehead atoms. The Bertz CT molecular complexity index is 309. The fourth-order valence-electron chi connectivity index (χ4n) is 1.62. The van der Waals surface area contributed by atoms with E-state index in [1.54, 1.807) is 0 Å². The van der Waals surface area contributed by atoms with Crippen molar-refractivity contribution in [3.05, 3.63) is 29.8 Å². The quantitative estimate of drug-likeness (QED) is 0.739. The predicted octanol–water partition coefficient (Wildman–Crippen LogP) is 2.43.